The van der Waals surface area contributed by atoms with Crippen LogP contribution in [0.25, 0.3) is 21.2 Å². The average molecular weight is 373 g/mol. The number of nitrogens with zero attached hydrogens (tertiary/aromatic N) is 2. The molecule has 26 heavy (non-hydrogen) atoms. The molecule has 4 rings (SSSR count). The lowest BCUT2D eigenvalue weighted by Gasteiger charge is -2.16. The molecule has 1 amide bonds. The summed E-state index contributed by atoms with van der Waals surface area (Å²) in [5.41, 5.74) is 0.926. The summed E-state index contributed by atoms with van der Waals surface area (Å²) in [5, 5.41) is 4.69. The normalized spacial score (nSPS) is 16.6. The Morgan fingerprint density at radius 3 is 2.85 bits per heavy atom. The standard InChI is InChI=1S/C13H8FN3OS.C6H12O/c14-12-4-10-3-8(1-2-9(10)5-15-12)11-6-16-13(19-11)17-7-18;1-6-3-2-4-7-5-6/h1-7H,(H,16,17,18);6H,2-5H2,1H3/t;6-/m.1/s1. The van der Waals surface area contributed by atoms with E-state index in [-0.39, 0.29) is 0 Å². The summed E-state index contributed by atoms with van der Waals surface area (Å²) < 4.78 is 18.3. The SMILES string of the molecule is C[C@@H]1CCCOC1.O=CNc1ncc(-c2ccc3cnc(F)cc3c2)s1. The van der Waals surface area contributed by atoms with Crippen LogP contribution in [0, 0.1) is 11.9 Å². The zero-order valence-electron chi connectivity index (χ0n) is 14.4. The van der Waals surface area contributed by atoms with Crippen LogP contribution in [0.2, 0.25) is 0 Å². The number of amides is 1. The number of nitrogens with one attached hydrogen (secondary N) is 1. The van der Waals surface area contributed by atoms with Gasteiger partial charge < -0.3 is 10.1 Å². The smallest absolute Gasteiger partial charge is 0.213 e. The second kappa shape index (κ2) is 8.82. The van der Waals surface area contributed by atoms with Gasteiger partial charge in [-0.05, 0) is 35.8 Å². The van der Waals surface area contributed by atoms with Crippen molar-refractivity contribution < 1.29 is 13.9 Å². The van der Waals surface area contributed by atoms with E-state index in [2.05, 4.69) is 22.2 Å². The van der Waals surface area contributed by atoms with Gasteiger partial charge >= 0.3 is 0 Å². The highest BCUT2D eigenvalue weighted by molar-refractivity contribution is 7.19. The van der Waals surface area contributed by atoms with Crippen molar-refractivity contribution in [3.63, 3.8) is 0 Å². The van der Waals surface area contributed by atoms with E-state index in [1.54, 1.807) is 6.20 Å². The fourth-order valence-electron chi connectivity index (χ4n) is 2.69. The topological polar surface area (TPSA) is 64.1 Å². The van der Waals surface area contributed by atoms with Gasteiger partial charge in [0.25, 0.3) is 0 Å². The summed E-state index contributed by atoms with van der Waals surface area (Å²) in [5.74, 6) is 0.311. The van der Waals surface area contributed by atoms with Crippen molar-refractivity contribution in [2.24, 2.45) is 5.92 Å². The van der Waals surface area contributed by atoms with Crippen LogP contribution in [-0.4, -0.2) is 29.6 Å². The monoisotopic (exact) mass is 373 g/mol. The van der Waals surface area contributed by atoms with Gasteiger partial charge in [0, 0.05) is 37.1 Å². The summed E-state index contributed by atoms with van der Waals surface area (Å²) in [6, 6.07) is 7.06. The lowest BCUT2D eigenvalue weighted by atomic mass is 10.1. The van der Waals surface area contributed by atoms with Crippen LogP contribution in [0.5, 0.6) is 0 Å². The first-order valence-corrected chi connectivity index (χ1v) is 9.27. The molecule has 3 heterocycles. The second-order valence-electron chi connectivity index (χ2n) is 6.18. The molecule has 1 atom stereocenters. The Kier molecular flexibility index (Phi) is 6.25. The first kappa shape index (κ1) is 18.4. The van der Waals surface area contributed by atoms with Crippen molar-refractivity contribution in [1.29, 1.82) is 0 Å². The van der Waals surface area contributed by atoms with Crippen LogP contribution in [0.3, 0.4) is 0 Å². The van der Waals surface area contributed by atoms with E-state index >= 15 is 0 Å². The molecule has 0 saturated carbocycles. The average Bonchev–Trinajstić information content (AvgIpc) is 3.11. The van der Waals surface area contributed by atoms with Gasteiger partial charge in [0.15, 0.2) is 5.13 Å². The number of anilines is 1. The minimum Gasteiger partial charge on any atom is -0.381 e. The summed E-state index contributed by atoms with van der Waals surface area (Å²) in [6.07, 6.45) is 6.39. The molecule has 7 heteroatoms. The van der Waals surface area contributed by atoms with Crippen LogP contribution in [0.15, 0.2) is 36.7 Å². The highest BCUT2D eigenvalue weighted by Gasteiger charge is 2.07. The number of thiazole rings is 1. The van der Waals surface area contributed by atoms with Crippen LogP contribution in [0.1, 0.15) is 19.8 Å². The van der Waals surface area contributed by atoms with E-state index in [0.717, 1.165) is 40.3 Å². The van der Waals surface area contributed by atoms with Crippen LogP contribution < -0.4 is 5.32 Å². The maximum Gasteiger partial charge on any atom is 0.213 e. The summed E-state index contributed by atoms with van der Waals surface area (Å²) in [4.78, 5) is 18.9. The lowest BCUT2D eigenvalue weighted by molar-refractivity contribution is -0.105. The van der Waals surface area contributed by atoms with Crippen molar-refractivity contribution in [2.75, 3.05) is 18.5 Å². The molecule has 1 fully saturated rings. The van der Waals surface area contributed by atoms with E-state index < -0.39 is 5.95 Å². The third-order valence-corrected chi connectivity index (χ3v) is 5.03. The molecule has 2 aromatic heterocycles. The number of fused-ring (bicyclic) bond motifs is 1. The molecule has 5 nitrogen and oxygen atoms in total. The molecule has 0 aliphatic carbocycles. The van der Waals surface area contributed by atoms with E-state index in [4.69, 9.17) is 4.74 Å². The molecule has 1 N–H and O–H groups in total. The van der Waals surface area contributed by atoms with E-state index in [0.29, 0.717) is 11.5 Å². The Labute approximate surface area is 155 Å². The number of benzene rings is 1. The number of halogens is 1. The predicted molar refractivity (Wildman–Crippen MR) is 102 cm³/mol. The van der Waals surface area contributed by atoms with Gasteiger partial charge in [-0.25, -0.2) is 9.97 Å². The zero-order chi connectivity index (χ0) is 18.4. The molecule has 0 radical (unpaired) electrons. The van der Waals surface area contributed by atoms with Crippen LogP contribution in [0.4, 0.5) is 9.52 Å². The largest absolute Gasteiger partial charge is 0.381 e. The molecule has 1 aliphatic heterocycles. The number of hydrogen-bond donors (Lipinski definition) is 1. The Morgan fingerprint density at radius 1 is 1.27 bits per heavy atom. The molecule has 0 bridgehead atoms. The maximum atomic E-state index is 13.1. The first-order chi connectivity index (χ1) is 12.7. The first-order valence-electron chi connectivity index (χ1n) is 8.45. The maximum absolute atomic E-state index is 13.1. The number of pyridine rings is 1. The van der Waals surface area contributed by atoms with Crippen molar-refractivity contribution in [2.45, 2.75) is 19.8 Å². The summed E-state index contributed by atoms with van der Waals surface area (Å²) >= 11 is 1.36. The third kappa shape index (κ3) is 4.83. The molecule has 0 spiro atoms. The van der Waals surface area contributed by atoms with Gasteiger partial charge in [-0.15, -0.1) is 0 Å². The van der Waals surface area contributed by atoms with E-state index in [9.17, 15) is 9.18 Å². The van der Waals surface area contributed by atoms with Gasteiger partial charge in [-0.3, -0.25) is 4.79 Å². The molecular formula is C19H20FN3O2S. The minimum absolute atomic E-state index is 0.503. The van der Waals surface area contributed by atoms with Crippen LogP contribution >= 0.6 is 11.3 Å². The zero-order valence-corrected chi connectivity index (χ0v) is 15.3. The molecule has 136 valence electrons. The Hall–Kier alpha value is -2.38. The highest BCUT2D eigenvalue weighted by atomic mass is 32.1. The molecular weight excluding hydrogens is 353 g/mol. The Morgan fingerprint density at radius 2 is 2.15 bits per heavy atom. The number of hydrogen-bond acceptors (Lipinski definition) is 5. The van der Waals surface area contributed by atoms with E-state index in [1.807, 2.05) is 18.2 Å². The summed E-state index contributed by atoms with van der Waals surface area (Å²) in [7, 11) is 0. The van der Waals surface area contributed by atoms with Crippen molar-refractivity contribution >= 4 is 33.7 Å². The fourth-order valence-corrected chi connectivity index (χ4v) is 3.46. The fraction of sp³-hybridized carbons (Fsp3) is 0.316. The molecule has 1 aromatic carbocycles. The van der Waals surface area contributed by atoms with Gasteiger partial charge in [0.2, 0.25) is 12.4 Å². The van der Waals surface area contributed by atoms with Crippen molar-refractivity contribution in [3.05, 3.63) is 42.6 Å². The molecule has 3 aromatic rings. The van der Waals surface area contributed by atoms with Gasteiger partial charge in [0.1, 0.15) is 0 Å². The van der Waals surface area contributed by atoms with Gasteiger partial charge in [-0.2, -0.15) is 4.39 Å². The predicted octanol–water partition coefficient (Wildman–Crippen LogP) is 4.50. The van der Waals surface area contributed by atoms with Crippen LogP contribution in [-0.2, 0) is 9.53 Å². The third-order valence-electron chi connectivity index (χ3n) is 4.05. The summed E-state index contributed by atoms with van der Waals surface area (Å²) in [6.45, 7) is 4.21. The van der Waals surface area contributed by atoms with E-state index in [1.165, 1.54) is 36.4 Å². The Bertz CT molecular complexity index is 878. The number of ether oxygens (including phenoxy) is 1. The number of aromatic nitrogens is 2. The van der Waals surface area contributed by atoms with Gasteiger partial charge in [0.05, 0.1) is 4.88 Å². The van der Waals surface area contributed by atoms with Gasteiger partial charge in [-0.1, -0.05) is 30.4 Å². The quantitative estimate of drug-likeness (QED) is 0.542. The lowest BCUT2D eigenvalue weighted by Crippen LogP contribution is -2.13. The molecule has 0 unspecified atom stereocenters. The Balaban J connectivity index is 0.000000236. The molecule has 1 saturated heterocycles. The molecule has 1 aliphatic rings. The van der Waals surface area contributed by atoms with Crippen molar-refractivity contribution in [3.8, 4) is 10.4 Å². The number of carbonyl (C=O) groups excluding carboxylic acids is 1. The number of rotatable bonds is 3. The van der Waals surface area contributed by atoms with Crippen molar-refractivity contribution in [1.82, 2.24) is 9.97 Å². The minimum atomic E-state index is -0.503. The number of carbonyl (C=O) groups is 1. The second-order valence-corrected chi connectivity index (χ2v) is 7.21. The highest BCUT2D eigenvalue weighted by Crippen LogP contribution is 2.30.